The largest absolute Gasteiger partial charge is 0.573 e. The van der Waals surface area contributed by atoms with E-state index in [9.17, 15) is 23.4 Å². The maximum atomic E-state index is 12.3. The summed E-state index contributed by atoms with van der Waals surface area (Å²) in [7, 11) is 0. The van der Waals surface area contributed by atoms with E-state index in [0.717, 1.165) is 6.07 Å². The number of aliphatic hydroxyl groups excluding tert-OH is 2. The Bertz CT molecular complexity index is 426. The third kappa shape index (κ3) is 5.29. The van der Waals surface area contributed by atoms with Crippen LogP contribution in [0.2, 0.25) is 0 Å². The van der Waals surface area contributed by atoms with E-state index < -0.39 is 24.3 Å². The highest BCUT2D eigenvalue weighted by Crippen LogP contribution is 2.34. The summed E-state index contributed by atoms with van der Waals surface area (Å²) in [5, 5.41) is 19.9. The lowest BCUT2D eigenvalue weighted by atomic mass is 10.0. The van der Waals surface area contributed by atoms with Crippen LogP contribution in [-0.4, -0.2) is 28.0 Å². The van der Waals surface area contributed by atoms with Gasteiger partial charge in [-0.2, -0.15) is 0 Å². The number of ether oxygens (including phenoxy) is 1. The van der Waals surface area contributed by atoms with E-state index in [1.807, 2.05) is 0 Å². The Kier molecular flexibility index (Phi) is 6.10. The van der Waals surface area contributed by atoms with Crippen LogP contribution in [-0.2, 0) is 0 Å². The highest BCUT2D eigenvalue weighted by molar-refractivity contribution is 9.10. The number of hydrogen-bond acceptors (Lipinski definition) is 3. The fourth-order valence-corrected chi connectivity index (χ4v) is 2.25. The molecule has 0 bridgehead atoms. The molecule has 2 N–H and O–H groups in total. The van der Waals surface area contributed by atoms with E-state index in [1.165, 1.54) is 12.1 Å². The van der Waals surface area contributed by atoms with Gasteiger partial charge in [0.1, 0.15) is 11.9 Å². The van der Waals surface area contributed by atoms with Crippen LogP contribution in [0.5, 0.6) is 5.75 Å². The minimum Gasteiger partial charge on any atom is -0.405 e. The maximum Gasteiger partial charge on any atom is 0.573 e. The van der Waals surface area contributed by atoms with Gasteiger partial charge in [0.2, 0.25) is 0 Å². The quantitative estimate of drug-likeness (QED) is 0.734. The van der Waals surface area contributed by atoms with Gasteiger partial charge in [-0.25, -0.2) is 0 Å². The van der Waals surface area contributed by atoms with Crippen molar-refractivity contribution in [1.82, 2.24) is 0 Å². The van der Waals surface area contributed by atoms with Gasteiger partial charge in [-0.05, 0) is 18.6 Å². The van der Waals surface area contributed by atoms with Crippen molar-refractivity contribution < 1.29 is 28.1 Å². The Labute approximate surface area is 124 Å². The highest BCUT2D eigenvalue weighted by Gasteiger charge is 2.33. The second kappa shape index (κ2) is 6.92. The molecule has 0 radical (unpaired) electrons. The van der Waals surface area contributed by atoms with E-state index in [0.29, 0.717) is 9.80 Å². The van der Waals surface area contributed by atoms with Crippen molar-refractivity contribution in [1.29, 1.82) is 0 Å². The molecule has 0 amide bonds. The molecule has 0 fully saturated rings. The molecule has 0 aliphatic carbocycles. The molecular weight excluding hydrogens is 397 g/mol. The molecule has 19 heavy (non-hydrogen) atoms. The summed E-state index contributed by atoms with van der Waals surface area (Å²) in [4.78, 5) is 0. The average Bonchev–Trinajstić information content (AvgIpc) is 2.26. The van der Waals surface area contributed by atoms with Crippen LogP contribution in [0.4, 0.5) is 13.2 Å². The van der Waals surface area contributed by atoms with Crippen LogP contribution in [0, 0.1) is 0 Å². The van der Waals surface area contributed by atoms with Crippen LogP contribution in [0.3, 0.4) is 0 Å². The van der Waals surface area contributed by atoms with Gasteiger partial charge in [0, 0.05) is 15.4 Å². The molecular formula is C11H11Br2F3O3. The molecule has 3 nitrogen and oxygen atoms in total. The molecule has 0 heterocycles. The molecule has 1 aromatic carbocycles. The number of aliphatic hydroxyl groups is 2. The lowest BCUT2D eigenvalue weighted by Crippen LogP contribution is -2.22. The molecule has 0 aliphatic heterocycles. The average molecular weight is 408 g/mol. The molecule has 0 saturated carbocycles. The molecule has 1 rings (SSSR count). The molecule has 8 heteroatoms. The smallest absolute Gasteiger partial charge is 0.405 e. The van der Waals surface area contributed by atoms with Gasteiger partial charge in [-0.3, -0.25) is 0 Å². The summed E-state index contributed by atoms with van der Waals surface area (Å²) in [6, 6.07) is 3.82. The number of hydrogen-bond donors (Lipinski definition) is 2. The van der Waals surface area contributed by atoms with Gasteiger partial charge in [0.05, 0.1) is 6.10 Å². The fraction of sp³-hybridized carbons (Fsp3) is 0.455. The first kappa shape index (κ1) is 16.7. The summed E-state index contributed by atoms with van der Waals surface area (Å²) in [6.07, 6.45) is -7.31. The summed E-state index contributed by atoms with van der Waals surface area (Å²) in [5.74, 6) is -0.539. The van der Waals surface area contributed by atoms with Crippen LogP contribution in [0.15, 0.2) is 22.7 Å². The van der Waals surface area contributed by atoms with Crippen molar-refractivity contribution in [2.24, 2.45) is 0 Å². The molecule has 0 spiro atoms. The van der Waals surface area contributed by atoms with Gasteiger partial charge in [0.15, 0.2) is 0 Å². The molecule has 1 aromatic rings. The second-order valence-electron chi connectivity index (χ2n) is 3.72. The maximum absolute atomic E-state index is 12.3. The molecule has 0 aliphatic rings. The number of halogens is 5. The van der Waals surface area contributed by atoms with Crippen molar-refractivity contribution in [3.05, 3.63) is 28.2 Å². The Morgan fingerprint density at radius 2 is 1.89 bits per heavy atom. The van der Waals surface area contributed by atoms with E-state index in [-0.39, 0.29) is 12.0 Å². The zero-order valence-electron chi connectivity index (χ0n) is 9.49. The van der Waals surface area contributed by atoms with Gasteiger partial charge >= 0.3 is 6.36 Å². The minimum atomic E-state index is -4.87. The molecule has 108 valence electrons. The van der Waals surface area contributed by atoms with Crippen LogP contribution >= 0.6 is 31.9 Å². The third-order valence-electron chi connectivity index (χ3n) is 2.29. The van der Waals surface area contributed by atoms with Crippen LogP contribution < -0.4 is 4.74 Å². The SMILES string of the molecule is OC(CCBr)C(O)c1ccc(Br)cc1OC(F)(F)F. The third-order valence-corrected chi connectivity index (χ3v) is 3.24. The normalized spacial score (nSPS) is 15.1. The standard InChI is InChI=1S/C11H11Br2F3O3/c12-4-3-8(17)10(18)7-2-1-6(13)5-9(7)19-11(14,15)16/h1-2,5,8,10,17-18H,3-4H2. The fourth-order valence-electron chi connectivity index (χ4n) is 1.44. The summed E-state index contributed by atoms with van der Waals surface area (Å²) >= 11 is 6.10. The first-order valence-electron chi connectivity index (χ1n) is 5.22. The summed E-state index contributed by atoms with van der Waals surface area (Å²) in [6.45, 7) is 0. The summed E-state index contributed by atoms with van der Waals surface area (Å²) < 4.78 is 41.1. The first-order valence-corrected chi connectivity index (χ1v) is 7.13. The topological polar surface area (TPSA) is 49.7 Å². The van der Waals surface area contributed by atoms with Crippen LogP contribution in [0.25, 0.3) is 0 Å². The van der Waals surface area contributed by atoms with E-state index in [1.54, 1.807) is 0 Å². The van der Waals surface area contributed by atoms with Crippen molar-refractivity contribution >= 4 is 31.9 Å². The van der Waals surface area contributed by atoms with Gasteiger partial charge in [0.25, 0.3) is 0 Å². The molecule has 2 atom stereocenters. The lowest BCUT2D eigenvalue weighted by molar-refractivity contribution is -0.275. The highest BCUT2D eigenvalue weighted by atomic mass is 79.9. The van der Waals surface area contributed by atoms with Crippen molar-refractivity contribution in [2.75, 3.05) is 5.33 Å². The number of rotatable bonds is 5. The molecule has 2 unspecified atom stereocenters. The van der Waals surface area contributed by atoms with Gasteiger partial charge in [-0.1, -0.05) is 37.9 Å². The predicted molar refractivity (Wildman–Crippen MR) is 70.2 cm³/mol. The van der Waals surface area contributed by atoms with Gasteiger partial charge in [-0.15, -0.1) is 13.2 Å². The second-order valence-corrected chi connectivity index (χ2v) is 5.43. The van der Waals surface area contributed by atoms with Crippen molar-refractivity contribution in [2.45, 2.75) is 25.0 Å². The van der Waals surface area contributed by atoms with Crippen molar-refractivity contribution in [3.8, 4) is 5.75 Å². The Balaban J connectivity index is 3.05. The van der Waals surface area contributed by atoms with E-state index in [2.05, 4.69) is 36.6 Å². The molecule has 0 saturated heterocycles. The van der Waals surface area contributed by atoms with E-state index in [4.69, 9.17) is 0 Å². The van der Waals surface area contributed by atoms with Crippen LogP contribution in [0.1, 0.15) is 18.1 Å². The van der Waals surface area contributed by atoms with Crippen molar-refractivity contribution in [3.63, 3.8) is 0 Å². The Morgan fingerprint density at radius 1 is 1.26 bits per heavy atom. The zero-order chi connectivity index (χ0) is 14.6. The number of alkyl halides is 4. The zero-order valence-corrected chi connectivity index (χ0v) is 12.7. The first-order chi connectivity index (χ1) is 8.74. The number of benzene rings is 1. The monoisotopic (exact) mass is 406 g/mol. The Morgan fingerprint density at radius 3 is 2.42 bits per heavy atom. The summed E-state index contributed by atoms with van der Waals surface area (Å²) in [5.41, 5.74) is -0.117. The minimum absolute atomic E-state index is 0.117. The lowest BCUT2D eigenvalue weighted by Gasteiger charge is -2.21. The van der Waals surface area contributed by atoms with Gasteiger partial charge < -0.3 is 14.9 Å². The Hall–Kier alpha value is -0.310. The van der Waals surface area contributed by atoms with E-state index >= 15 is 0 Å². The predicted octanol–water partition coefficient (Wildman–Crippen LogP) is 3.53. The molecule has 0 aromatic heterocycles.